The maximum absolute atomic E-state index is 14.2. The van der Waals surface area contributed by atoms with E-state index in [0.29, 0.717) is 43.4 Å². The number of alkyl halides is 3. The maximum atomic E-state index is 14.2. The molecule has 5 rings (SSSR count). The van der Waals surface area contributed by atoms with Gasteiger partial charge in [-0.1, -0.05) is 18.2 Å². The predicted molar refractivity (Wildman–Crippen MR) is 107 cm³/mol. The van der Waals surface area contributed by atoms with Crippen molar-refractivity contribution in [3.8, 4) is 0 Å². The minimum Gasteiger partial charge on any atom is -0.307 e. The monoisotopic (exact) mass is 433 g/mol. The molecule has 0 spiro atoms. The Hall–Kier alpha value is -2.52. The number of pyridine rings is 1. The second kappa shape index (κ2) is 7.87. The molecule has 1 aromatic carbocycles. The van der Waals surface area contributed by atoms with E-state index < -0.39 is 11.7 Å². The molecule has 1 saturated carbocycles. The minimum absolute atomic E-state index is 0.114. The van der Waals surface area contributed by atoms with Gasteiger partial charge in [-0.05, 0) is 36.5 Å². The first-order chi connectivity index (χ1) is 14.9. The lowest BCUT2D eigenvalue weighted by molar-refractivity contribution is -0.137. The highest BCUT2D eigenvalue weighted by atomic mass is 19.4. The van der Waals surface area contributed by atoms with Crippen molar-refractivity contribution in [1.29, 1.82) is 0 Å². The van der Waals surface area contributed by atoms with Crippen LogP contribution in [-0.2, 0) is 19.1 Å². The van der Waals surface area contributed by atoms with Gasteiger partial charge >= 0.3 is 6.18 Å². The third-order valence-corrected chi connectivity index (χ3v) is 6.12. The zero-order chi connectivity index (χ0) is 21.6. The summed E-state index contributed by atoms with van der Waals surface area (Å²) in [7, 11) is 0. The molecule has 1 aliphatic heterocycles. The first-order valence-electron chi connectivity index (χ1n) is 10.5. The van der Waals surface area contributed by atoms with Crippen molar-refractivity contribution in [2.24, 2.45) is 5.92 Å². The molecule has 2 fully saturated rings. The van der Waals surface area contributed by atoms with Gasteiger partial charge in [-0.25, -0.2) is 4.39 Å². The van der Waals surface area contributed by atoms with Crippen LogP contribution in [0, 0.1) is 11.7 Å². The molecule has 0 radical (unpaired) electrons. The zero-order valence-corrected chi connectivity index (χ0v) is 16.9. The number of aromatic nitrogens is 3. The van der Waals surface area contributed by atoms with Crippen molar-refractivity contribution in [2.75, 3.05) is 19.6 Å². The molecule has 164 valence electrons. The molecule has 31 heavy (non-hydrogen) atoms. The second-order valence-corrected chi connectivity index (χ2v) is 8.43. The number of fused-ring (bicyclic) bond motifs is 1. The van der Waals surface area contributed by atoms with Gasteiger partial charge in [-0.15, -0.1) is 10.2 Å². The summed E-state index contributed by atoms with van der Waals surface area (Å²) >= 11 is 0. The Balaban J connectivity index is 1.43. The minimum atomic E-state index is -4.54. The number of benzene rings is 1. The molecule has 2 aromatic heterocycles. The van der Waals surface area contributed by atoms with Crippen molar-refractivity contribution in [1.82, 2.24) is 24.8 Å². The standard InChI is InChI=1S/C22H23F4N5/c23-17-4-2-1-3-16(17)18-13-30(10-8-27-18)12-15-7-9-31-19(11-14-5-6-14)28-29-21(31)20(15)22(24,25)26/h1-4,7,9,14,18,27H,5-6,8,10-13H2. The number of halogens is 4. The van der Waals surface area contributed by atoms with Crippen LogP contribution >= 0.6 is 0 Å². The van der Waals surface area contributed by atoms with Crippen LogP contribution in [0.3, 0.4) is 0 Å². The summed E-state index contributed by atoms with van der Waals surface area (Å²) in [5.74, 6) is 0.764. The SMILES string of the molecule is Fc1ccccc1C1CN(Cc2ccn3c(CC4CC4)nnc3c2C(F)(F)F)CCN1. The van der Waals surface area contributed by atoms with Crippen molar-refractivity contribution in [3.05, 3.63) is 64.9 Å². The maximum Gasteiger partial charge on any atom is 0.420 e. The van der Waals surface area contributed by atoms with Gasteiger partial charge in [0.1, 0.15) is 17.2 Å². The lowest BCUT2D eigenvalue weighted by Crippen LogP contribution is -2.45. The van der Waals surface area contributed by atoms with E-state index in [1.165, 1.54) is 16.5 Å². The molecule has 1 N–H and O–H groups in total. The third kappa shape index (κ3) is 4.16. The van der Waals surface area contributed by atoms with Crippen LogP contribution in [0.4, 0.5) is 17.6 Å². The van der Waals surface area contributed by atoms with Crippen LogP contribution in [0.25, 0.3) is 5.65 Å². The van der Waals surface area contributed by atoms with E-state index in [1.54, 1.807) is 24.4 Å². The molecular formula is C22H23F4N5. The van der Waals surface area contributed by atoms with Crippen LogP contribution < -0.4 is 5.32 Å². The highest BCUT2D eigenvalue weighted by molar-refractivity contribution is 5.53. The molecule has 2 aliphatic rings. The quantitative estimate of drug-likeness (QED) is 0.619. The first kappa shape index (κ1) is 20.4. The smallest absolute Gasteiger partial charge is 0.307 e. The molecule has 1 aliphatic carbocycles. The van der Waals surface area contributed by atoms with Crippen LogP contribution in [0.5, 0.6) is 0 Å². The van der Waals surface area contributed by atoms with Crippen molar-refractivity contribution < 1.29 is 17.6 Å². The average molecular weight is 433 g/mol. The number of piperazine rings is 1. The van der Waals surface area contributed by atoms with Gasteiger partial charge in [0.2, 0.25) is 0 Å². The van der Waals surface area contributed by atoms with E-state index >= 15 is 0 Å². The molecule has 0 amide bonds. The highest BCUT2D eigenvalue weighted by Gasteiger charge is 2.38. The van der Waals surface area contributed by atoms with Crippen LogP contribution in [0.15, 0.2) is 36.5 Å². The van der Waals surface area contributed by atoms with Crippen LogP contribution in [0.1, 0.15) is 41.4 Å². The van der Waals surface area contributed by atoms with E-state index in [1.807, 2.05) is 4.90 Å². The largest absolute Gasteiger partial charge is 0.420 e. The Morgan fingerprint density at radius 2 is 1.90 bits per heavy atom. The highest BCUT2D eigenvalue weighted by Crippen LogP contribution is 2.37. The van der Waals surface area contributed by atoms with E-state index in [0.717, 1.165) is 12.8 Å². The summed E-state index contributed by atoms with van der Waals surface area (Å²) < 4.78 is 57.8. The summed E-state index contributed by atoms with van der Waals surface area (Å²) in [6.07, 6.45) is -0.0641. The van der Waals surface area contributed by atoms with E-state index in [2.05, 4.69) is 15.5 Å². The van der Waals surface area contributed by atoms with Gasteiger partial charge in [0.05, 0.1) is 0 Å². The number of nitrogens with zero attached hydrogens (tertiary/aromatic N) is 4. The van der Waals surface area contributed by atoms with Crippen LogP contribution in [0.2, 0.25) is 0 Å². The number of rotatable bonds is 5. The molecule has 3 aromatic rings. The molecule has 3 heterocycles. The normalized spacial score (nSPS) is 20.5. The molecule has 5 nitrogen and oxygen atoms in total. The second-order valence-electron chi connectivity index (χ2n) is 8.43. The fourth-order valence-corrected chi connectivity index (χ4v) is 4.36. The topological polar surface area (TPSA) is 45.5 Å². The molecule has 1 saturated heterocycles. The average Bonchev–Trinajstić information content (AvgIpc) is 3.46. The Bertz CT molecular complexity index is 1090. The van der Waals surface area contributed by atoms with Gasteiger partial charge in [-0.2, -0.15) is 13.2 Å². The lowest BCUT2D eigenvalue weighted by atomic mass is 10.0. The zero-order valence-electron chi connectivity index (χ0n) is 16.9. The summed E-state index contributed by atoms with van der Waals surface area (Å²) in [6, 6.07) is 7.75. The Morgan fingerprint density at radius 3 is 2.65 bits per heavy atom. The number of hydrogen-bond donors (Lipinski definition) is 1. The number of hydrogen-bond acceptors (Lipinski definition) is 4. The first-order valence-corrected chi connectivity index (χ1v) is 10.5. The van der Waals surface area contributed by atoms with Gasteiger partial charge in [-0.3, -0.25) is 9.30 Å². The third-order valence-electron chi connectivity index (χ3n) is 6.12. The fourth-order valence-electron chi connectivity index (χ4n) is 4.36. The lowest BCUT2D eigenvalue weighted by Gasteiger charge is -2.34. The number of nitrogens with one attached hydrogen (secondary N) is 1. The molecule has 1 atom stereocenters. The molecular weight excluding hydrogens is 410 g/mol. The van der Waals surface area contributed by atoms with Crippen molar-refractivity contribution in [2.45, 2.75) is 38.0 Å². The van der Waals surface area contributed by atoms with Crippen molar-refractivity contribution >= 4 is 5.65 Å². The van der Waals surface area contributed by atoms with E-state index in [4.69, 9.17) is 0 Å². The summed E-state index contributed by atoms with van der Waals surface area (Å²) in [6.45, 7) is 1.68. The van der Waals surface area contributed by atoms with Crippen LogP contribution in [-0.4, -0.2) is 39.1 Å². The van der Waals surface area contributed by atoms with Gasteiger partial charge < -0.3 is 5.32 Å². The summed E-state index contributed by atoms with van der Waals surface area (Å²) in [5.41, 5.74) is -0.174. The molecule has 0 bridgehead atoms. The predicted octanol–water partition coefficient (Wildman–Crippen LogP) is 3.99. The Morgan fingerprint density at radius 1 is 1.10 bits per heavy atom. The molecule has 1 unspecified atom stereocenters. The van der Waals surface area contributed by atoms with Gasteiger partial charge in [0.25, 0.3) is 0 Å². The van der Waals surface area contributed by atoms with Gasteiger partial charge in [0, 0.05) is 50.4 Å². The van der Waals surface area contributed by atoms with Gasteiger partial charge in [0.15, 0.2) is 5.65 Å². The van der Waals surface area contributed by atoms with E-state index in [9.17, 15) is 17.6 Å². The Kier molecular flexibility index (Phi) is 5.18. The molecule has 9 heteroatoms. The fraction of sp³-hybridized carbons (Fsp3) is 0.455. The Labute approximate surface area is 177 Å². The summed E-state index contributed by atoms with van der Waals surface area (Å²) in [4.78, 5) is 1.93. The summed E-state index contributed by atoms with van der Waals surface area (Å²) in [5, 5.41) is 11.2. The van der Waals surface area contributed by atoms with E-state index in [-0.39, 0.29) is 29.6 Å². The van der Waals surface area contributed by atoms with Crippen molar-refractivity contribution in [3.63, 3.8) is 0 Å².